The molecule has 0 unspecified atom stereocenters. The number of fused-ring (bicyclic) bond motifs is 1. The molecule has 6 heteroatoms. The Hall–Kier alpha value is -1.79. The van der Waals surface area contributed by atoms with Crippen molar-refractivity contribution >= 4 is 26.7 Å². The maximum Gasteiger partial charge on any atom is 0.170 e. The molecule has 0 radical (unpaired) electrons. The van der Waals surface area contributed by atoms with E-state index >= 15 is 0 Å². The van der Waals surface area contributed by atoms with E-state index in [1.54, 1.807) is 4.68 Å². The molecule has 3 aromatic rings. The number of halogens is 1. The highest BCUT2D eigenvalue weighted by Gasteiger charge is 2.06. The van der Waals surface area contributed by atoms with Gasteiger partial charge < -0.3 is 5.73 Å². The van der Waals surface area contributed by atoms with E-state index in [0.717, 1.165) is 20.9 Å². The highest BCUT2D eigenvalue weighted by atomic mass is 79.9. The molecular weight excluding hydrogens is 294 g/mol. The van der Waals surface area contributed by atoms with Crippen LogP contribution in [0, 0.1) is 0 Å². The molecule has 18 heavy (non-hydrogen) atoms. The van der Waals surface area contributed by atoms with Crippen molar-refractivity contribution in [2.75, 3.05) is 0 Å². The van der Waals surface area contributed by atoms with Crippen LogP contribution in [0.2, 0.25) is 0 Å². The molecule has 0 aliphatic heterocycles. The standard InChI is InChI=1S/C12H10BrN5/c13-10-3-1-9-6-11(4-2-8(9)5-10)18-12(7-14)15-16-17-18/h1-6H,7,14H2. The molecule has 0 saturated carbocycles. The number of nitrogens with two attached hydrogens (primary N) is 1. The molecule has 0 saturated heterocycles. The molecule has 2 aromatic carbocycles. The average molecular weight is 304 g/mol. The number of hydrogen-bond acceptors (Lipinski definition) is 4. The summed E-state index contributed by atoms with van der Waals surface area (Å²) in [5, 5.41) is 13.8. The van der Waals surface area contributed by atoms with Crippen molar-refractivity contribution in [3.05, 3.63) is 46.7 Å². The van der Waals surface area contributed by atoms with Crippen molar-refractivity contribution in [3.8, 4) is 5.69 Å². The molecule has 2 N–H and O–H groups in total. The van der Waals surface area contributed by atoms with Crippen LogP contribution >= 0.6 is 15.9 Å². The number of aromatic nitrogens is 4. The van der Waals surface area contributed by atoms with Gasteiger partial charge in [0.25, 0.3) is 0 Å². The van der Waals surface area contributed by atoms with Gasteiger partial charge >= 0.3 is 0 Å². The summed E-state index contributed by atoms with van der Waals surface area (Å²) >= 11 is 3.46. The molecule has 90 valence electrons. The van der Waals surface area contributed by atoms with E-state index in [0.29, 0.717) is 12.4 Å². The van der Waals surface area contributed by atoms with Gasteiger partial charge in [0, 0.05) is 4.47 Å². The van der Waals surface area contributed by atoms with Crippen molar-refractivity contribution in [1.29, 1.82) is 0 Å². The fourth-order valence-corrected chi connectivity index (χ4v) is 2.25. The van der Waals surface area contributed by atoms with Crippen LogP contribution in [0.5, 0.6) is 0 Å². The van der Waals surface area contributed by atoms with E-state index in [1.807, 2.05) is 24.3 Å². The molecule has 1 heterocycles. The van der Waals surface area contributed by atoms with Gasteiger partial charge in [0.2, 0.25) is 0 Å². The Labute approximate surface area is 112 Å². The Bertz CT molecular complexity index is 707. The second-order valence-electron chi connectivity index (χ2n) is 3.89. The molecular formula is C12H10BrN5. The van der Waals surface area contributed by atoms with Crippen LogP contribution in [0.3, 0.4) is 0 Å². The second kappa shape index (κ2) is 4.47. The van der Waals surface area contributed by atoms with E-state index in [1.165, 1.54) is 0 Å². The van der Waals surface area contributed by atoms with Crippen molar-refractivity contribution < 1.29 is 0 Å². The van der Waals surface area contributed by atoms with Gasteiger partial charge in [0.1, 0.15) is 0 Å². The van der Waals surface area contributed by atoms with Gasteiger partial charge in [0.05, 0.1) is 12.2 Å². The smallest absolute Gasteiger partial charge is 0.170 e. The van der Waals surface area contributed by atoms with Gasteiger partial charge in [-0.25, -0.2) is 0 Å². The van der Waals surface area contributed by atoms with Crippen LogP contribution in [0.15, 0.2) is 40.9 Å². The van der Waals surface area contributed by atoms with Crippen molar-refractivity contribution in [1.82, 2.24) is 20.2 Å². The summed E-state index contributed by atoms with van der Waals surface area (Å²) in [6.07, 6.45) is 0. The van der Waals surface area contributed by atoms with Crippen LogP contribution in [0.25, 0.3) is 16.5 Å². The zero-order valence-corrected chi connectivity index (χ0v) is 11.0. The predicted octanol–water partition coefficient (Wildman–Crippen LogP) is 2.04. The van der Waals surface area contributed by atoms with E-state index in [-0.39, 0.29) is 0 Å². The van der Waals surface area contributed by atoms with E-state index < -0.39 is 0 Å². The third-order valence-corrected chi connectivity index (χ3v) is 3.24. The molecule has 0 spiro atoms. The fourth-order valence-electron chi connectivity index (χ4n) is 1.87. The summed E-state index contributed by atoms with van der Waals surface area (Å²) in [6.45, 7) is 0.311. The first-order valence-electron chi connectivity index (χ1n) is 5.45. The molecule has 3 rings (SSSR count). The Kier molecular flexibility index (Phi) is 2.81. The van der Waals surface area contributed by atoms with Gasteiger partial charge in [-0.15, -0.1) is 5.10 Å². The Morgan fingerprint density at radius 2 is 1.89 bits per heavy atom. The first kappa shape index (κ1) is 11.3. The maximum atomic E-state index is 5.60. The monoisotopic (exact) mass is 303 g/mol. The minimum absolute atomic E-state index is 0.311. The highest BCUT2D eigenvalue weighted by molar-refractivity contribution is 9.10. The zero-order chi connectivity index (χ0) is 12.5. The van der Waals surface area contributed by atoms with Crippen LogP contribution in [-0.2, 0) is 6.54 Å². The lowest BCUT2D eigenvalue weighted by molar-refractivity contribution is 0.762. The minimum Gasteiger partial charge on any atom is -0.324 e. The molecule has 5 nitrogen and oxygen atoms in total. The lowest BCUT2D eigenvalue weighted by Gasteiger charge is -2.05. The largest absolute Gasteiger partial charge is 0.324 e. The average Bonchev–Trinajstić information content (AvgIpc) is 2.86. The van der Waals surface area contributed by atoms with E-state index in [9.17, 15) is 0 Å². The molecule has 0 atom stereocenters. The van der Waals surface area contributed by atoms with Crippen LogP contribution < -0.4 is 5.73 Å². The topological polar surface area (TPSA) is 69.6 Å². The number of nitrogens with zero attached hydrogens (tertiary/aromatic N) is 4. The first-order valence-corrected chi connectivity index (χ1v) is 6.24. The van der Waals surface area contributed by atoms with Gasteiger partial charge in [0.15, 0.2) is 5.82 Å². The lowest BCUT2D eigenvalue weighted by Crippen LogP contribution is -2.07. The van der Waals surface area contributed by atoms with Crippen molar-refractivity contribution in [2.45, 2.75) is 6.54 Å². The van der Waals surface area contributed by atoms with Crippen molar-refractivity contribution in [2.24, 2.45) is 5.73 Å². The number of rotatable bonds is 2. The normalized spacial score (nSPS) is 11.0. The van der Waals surface area contributed by atoms with Crippen LogP contribution in [-0.4, -0.2) is 20.2 Å². The van der Waals surface area contributed by atoms with Crippen LogP contribution in [0.4, 0.5) is 0 Å². The SMILES string of the molecule is NCc1nnnn1-c1ccc2cc(Br)ccc2c1. The van der Waals surface area contributed by atoms with Gasteiger partial charge in [-0.3, -0.25) is 0 Å². The molecule has 0 aliphatic rings. The number of benzene rings is 2. The number of hydrogen-bond donors (Lipinski definition) is 1. The van der Waals surface area contributed by atoms with Crippen LogP contribution in [0.1, 0.15) is 5.82 Å². The van der Waals surface area contributed by atoms with E-state index in [2.05, 4.69) is 43.6 Å². The first-order chi connectivity index (χ1) is 8.78. The molecule has 0 aliphatic carbocycles. The predicted molar refractivity (Wildman–Crippen MR) is 72.3 cm³/mol. The molecule has 0 bridgehead atoms. The summed E-state index contributed by atoms with van der Waals surface area (Å²) in [5.74, 6) is 0.645. The Morgan fingerprint density at radius 1 is 1.11 bits per heavy atom. The maximum absolute atomic E-state index is 5.60. The molecule has 0 amide bonds. The summed E-state index contributed by atoms with van der Waals surface area (Å²) in [6, 6.07) is 12.2. The lowest BCUT2D eigenvalue weighted by atomic mass is 10.1. The van der Waals surface area contributed by atoms with Gasteiger partial charge in [-0.2, -0.15) is 4.68 Å². The summed E-state index contributed by atoms with van der Waals surface area (Å²) in [7, 11) is 0. The summed E-state index contributed by atoms with van der Waals surface area (Å²) in [4.78, 5) is 0. The quantitative estimate of drug-likeness (QED) is 0.786. The third kappa shape index (κ3) is 1.89. The van der Waals surface area contributed by atoms with E-state index in [4.69, 9.17) is 5.73 Å². The van der Waals surface area contributed by atoms with Gasteiger partial charge in [-0.05, 0) is 45.5 Å². The zero-order valence-electron chi connectivity index (χ0n) is 9.42. The highest BCUT2D eigenvalue weighted by Crippen LogP contribution is 2.22. The van der Waals surface area contributed by atoms with Crippen molar-refractivity contribution in [3.63, 3.8) is 0 Å². The second-order valence-corrected chi connectivity index (χ2v) is 4.80. The summed E-state index contributed by atoms with van der Waals surface area (Å²) in [5.41, 5.74) is 6.51. The third-order valence-electron chi connectivity index (χ3n) is 2.75. The summed E-state index contributed by atoms with van der Waals surface area (Å²) < 4.78 is 2.72. The number of tetrazole rings is 1. The fraction of sp³-hybridized carbons (Fsp3) is 0.0833. The Balaban J connectivity index is 2.16. The Morgan fingerprint density at radius 3 is 2.72 bits per heavy atom. The van der Waals surface area contributed by atoms with Gasteiger partial charge in [-0.1, -0.05) is 28.1 Å². The molecule has 0 fully saturated rings. The minimum atomic E-state index is 0.311. The molecule has 1 aromatic heterocycles.